The van der Waals surface area contributed by atoms with Crippen molar-refractivity contribution in [3.05, 3.63) is 11.4 Å². The van der Waals surface area contributed by atoms with Gasteiger partial charge in [-0.15, -0.1) is 0 Å². The van der Waals surface area contributed by atoms with Crippen LogP contribution in [-0.2, 0) is 4.84 Å². The monoisotopic (exact) mass is 184 g/mol. The number of nitrogen functional groups attached to an aromatic ring is 1. The smallest absolute Gasteiger partial charge is 0.299 e. The average Bonchev–Trinajstić information content (AvgIpc) is 2.45. The number of nitrogens with two attached hydrogens (primary N) is 1. The van der Waals surface area contributed by atoms with E-state index in [9.17, 15) is 4.79 Å². The fourth-order valence-electron chi connectivity index (χ4n) is 0.833. The molecule has 0 spiro atoms. The predicted molar refractivity (Wildman–Crippen MR) is 46.8 cm³/mol. The Morgan fingerprint density at radius 2 is 2.31 bits per heavy atom. The maximum absolute atomic E-state index is 11.4. The zero-order chi connectivity index (χ0) is 10.0. The Morgan fingerprint density at radius 1 is 1.69 bits per heavy atom. The molecular formula is C7H12N4O2. The number of H-pyrrole nitrogens is 1. The lowest BCUT2D eigenvalue weighted by atomic mass is 10.3. The standard InChI is InChI=1S/C7H12N4O2/c1-4-5(8)6(10-9-4)7(12)11(2)13-3/h8H2,1-3H3,(H,9,10). The highest BCUT2D eigenvalue weighted by molar-refractivity contribution is 5.96. The molecule has 0 aliphatic carbocycles. The molecule has 0 unspecified atom stereocenters. The molecule has 0 aliphatic rings. The number of aromatic nitrogens is 2. The molecule has 0 radical (unpaired) electrons. The third kappa shape index (κ3) is 1.62. The van der Waals surface area contributed by atoms with Crippen LogP contribution in [0.3, 0.4) is 0 Å². The Bertz CT molecular complexity index is 320. The molecule has 1 aromatic rings. The van der Waals surface area contributed by atoms with Crippen molar-refractivity contribution in [1.82, 2.24) is 15.3 Å². The van der Waals surface area contributed by atoms with Crippen LogP contribution in [0.15, 0.2) is 0 Å². The Hall–Kier alpha value is -1.56. The molecule has 0 saturated carbocycles. The summed E-state index contributed by atoms with van der Waals surface area (Å²) in [6, 6.07) is 0. The van der Waals surface area contributed by atoms with Gasteiger partial charge in [-0.05, 0) is 6.92 Å². The number of carbonyl (C=O) groups excluding carboxylic acids is 1. The van der Waals surface area contributed by atoms with Gasteiger partial charge < -0.3 is 5.73 Å². The van der Waals surface area contributed by atoms with E-state index in [1.165, 1.54) is 14.2 Å². The van der Waals surface area contributed by atoms with Gasteiger partial charge in [-0.3, -0.25) is 14.7 Å². The van der Waals surface area contributed by atoms with Crippen molar-refractivity contribution in [1.29, 1.82) is 0 Å². The van der Waals surface area contributed by atoms with E-state index in [1.54, 1.807) is 6.92 Å². The largest absolute Gasteiger partial charge is 0.395 e. The molecular weight excluding hydrogens is 172 g/mol. The topological polar surface area (TPSA) is 84.2 Å². The fourth-order valence-corrected chi connectivity index (χ4v) is 0.833. The predicted octanol–water partition coefficient (Wildman–Crippen LogP) is -0.0663. The van der Waals surface area contributed by atoms with Crippen molar-refractivity contribution >= 4 is 11.6 Å². The number of anilines is 1. The van der Waals surface area contributed by atoms with Crippen LogP contribution in [0.25, 0.3) is 0 Å². The van der Waals surface area contributed by atoms with Crippen molar-refractivity contribution in [2.75, 3.05) is 19.9 Å². The summed E-state index contributed by atoms with van der Waals surface area (Å²) in [7, 11) is 2.89. The Balaban J connectivity index is 2.95. The van der Waals surface area contributed by atoms with E-state index >= 15 is 0 Å². The summed E-state index contributed by atoms with van der Waals surface area (Å²) in [6.45, 7) is 1.74. The second-order valence-electron chi connectivity index (χ2n) is 2.60. The number of aryl methyl sites for hydroxylation is 1. The van der Waals surface area contributed by atoms with Crippen LogP contribution in [0, 0.1) is 6.92 Å². The van der Waals surface area contributed by atoms with E-state index in [1.807, 2.05) is 0 Å². The first-order chi connectivity index (χ1) is 6.07. The van der Waals surface area contributed by atoms with Gasteiger partial charge in [0.1, 0.15) is 0 Å². The van der Waals surface area contributed by atoms with Crippen LogP contribution in [0.4, 0.5) is 5.69 Å². The highest BCUT2D eigenvalue weighted by Gasteiger charge is 2.18. The quantitative estimate of drug-likeness (QED) is 0.630. The number of aromatic amines is 1. The van der Waals surface area contributed by atoms with Crippen molar-refractivity contribution in [2.24, 2.45) is 0 Å². The van der Waals surface area contributed by atoms with E-state index < -0.39 is 0 Å². The maximum atomic E-state index is 11.4. The number of hydroxylamine groups is 2. The number of amides is 1. The first-order valence-corrected chi connectivity index (χ1v) is 3.70. The summed E-state index contributed by atoms with van der Waals surface area (Å²) in [5.74, 6) is -0.371. The van der Waals surface area contributed by atoms with Gasteiger partial charge in [0.05, 0.1) is 18.5 Å². The van der Waals surface area contributed by atoms with E-state index in [0.717, 1.165) is 5.06 Å². The lowest BCUT2D eigenvalue weighted by Crippen LogP contribution is -2.26. The molecule has 3 N–H and O–H groups in total. The maximum Gasteiger partial charge on any atom is 0.299 e. The van der Waals surface area contributed by atoms with Gasteiger partial charge in [0.25, 0.3) is 5.91 Å². The summed E-state index contributed by atoms with van der Waals surface area (Å²) in [6.07, 6.45) is 0. The molecule has 0 fully saturated rings. The van der Waals surface area contributed by atoms with Crippen LogP contribution in [-0.4, -0.2) is 35.3 Å². The zero-order valence-electron chi connectivity index (χ0n) is 7.79. The lowest BCUT2D eigenvalue weighted by Gasteiger charge is -2.11. The van der Waals surface area contributed by atoms with Gasteiger partial charge in [-0.25, -0.2) is 5.06 Å². The molecule has 1 aromatic heterocycles. The molecule has 1 rings (SSSR count). The van der Waals surface area contributed by atoms with Gasteiger partial charge in [-0.1, -0.05) is 0 Å². The van der Waals surface area contributed by atoms with Crippen LogP contribution in [0.2, 0.25) is 0 Å². The molecule has 0 aromatic carbocycles. The molecule has 0 atom stereocenters. The highest BCUT2D eigenvalue weighted by atomic mass is 16.7. The minimum atomic E-state index is -0.371. The van der Waals surface area contributed by atoms with Crippen LogP contribution in [0.5, 0.6) is 0 Å². The SMILES string of the molecule is CON(C)C(=O)c1n[nH]c(C)c1N. The number of rotatable bonds is 2. The molecule has 1 amide bonds. The fraction of sp³-hybridized carbons (Fsp3) is 0.429. The summed E-state index contributed by atoms with van der Waals surface area (Å²) < 4.78 is 0. The number of nitrogens with one attached hydrogen (secondary N) is 1. The molecule has 6 heteroatoms. The Morgan fingerprint density at radius 3 is 2.69 bits per heavy atom. The zero-order valence-corrected chi connectivity index (χ0v) is 7.79. The number of carbonyl (C=O) groups is 1. The van der Waals surface area contributed by atoms with E-state index in [2.05, 4.69) is 10.2 Å². The van der Waals surface area contributed by atoms with Crippen molar-refractivity contribution in [3.63, 3.8) is 0 Å². The number of nitrogens with zero attached hydrogens (tertiary/aromatic N) is 2. The molecule has 72 valence electrons. The molecule has 1 heterocycles. The molecule has 0 bridgehead atoms. The van der Waals surface area contributed by atoms with E-state index in [-0.39, 0.29) is 11.6 Å². The van der Waals surface area contributed by atoms with Crippen molar-refractivity contribution in [2.45, 2.75) is 6.92 Å². The Labute approximate surface area is 75.6 Å². The Kier molecular flexibility index (Phi) is 2.52. The molecule has 13 heavy (non-hydrogen) atoms. The first-order valence-electron chi connectivity index (χ1n) is 3.70. The minimum Gasteiger partial charge on any atom is -0.395 e. The van der Waals surface area contributed by atoms with Gasteiger partial charge in [-0.2, -0.15) is 5.10 Å². The van der Waals surface area contributed by atoms with Crippen LogP contribution < -0.4 is 5.73 Å². The van der Waals surface area contributed by atoms with Gasteiger partial charge >= 0.3 is 0 Å². The summed E-state index contributed by atoms with van der Waals surface area (Å²) in [5.41, 5.74) is 6.81. The average molecular weight is 184 g/mol. The minimum absolute atomic E-state index is 0.182. The van der Waals surface area contributed by atoms with Crippen LogP contribution in [0.1, 0.15) is 16.2 Å². The first kappa shape index (κ1) is 9.53. The summed E-state index contributed by atoms with van der Waals surface area (Å²) in [5, 5.41) is 7.44. The lowest BCUT2D eigenvalue weighted by molar-refractivity contribution is -0.0759. The number of hydrogen-bond acceptors (Lipinski definition) is 4. The van der Waals surface area contributed by atoms with Gasteiger partial charge in [0.15, 0.2) is 5.69 Å². The summed E-state index contributed by atoms with van der Waals surface area (Å²) >= 11 is 0. The second-order valence-corrected chi connectivity index (χ2v) is 2.60. The van der Waals surface area contributed by atoms with Gasteiger partial charge in [0.2, 0.25) is 0 Å². The highest BCUT2D eigenvalue weighted by Crippen LogP contribution is 2.13. The van der Waals surface area contributed by atoms with E-state index in [4.69, 9.17) is 10.6 Å². The molecule has 6 nitrogen and oxygen atoms in total. The van der Waals surface area contributed by atoms with Crippen LogP contribution >= 0.6 is 0 Å². The molecule has 0 saturated heterocycles. The third-order valence-electron chi connectivity index (χ3n) is 1.76. The number of hydrogen-bond donors (Lipinski definition) is 2. The van der Waals surface area contributed by atoms with E-state index in [0.29, 0.717) is 11.4 Å². The van der Waals surface area contributed by atoms with Gasteiger partial charge in [0, 0.05) is 7.05 Å². The van der Waals surface area contributed by atoms with Crippen molar-refractivity contribution in [3.8, 4) is 0 Å². The van der Waals surface area contributed by atoms with Crippen molar-refractivity contribution < 1.29 is 9.63 Å². The second kappa shape index (κ2) is 3.44. The summed E-state index contributed by atoms with van der Waals surface area (Å²) in [4.78, 5) is 16.2. The normalized spacial score (nSPS) is 10.1. The molecule has 0 aliphatic heterocycles. The third-order valence-corrected chi connectivity index (χ3v) is 1.76.